The van der Waals surface area contributed by atoms with Gasteiger partial charge in [-0.3, -0.25) is 19.5 Å². The number of imide groups is 1. The number of amides is 2. The fraction of sp³-hybridized carbons (Fsp3) is 0.280. The molecule has 9 nitrogen and oxygen atoms in total. The second-order valence-electron chi connectivity index (χ2n) is 7.96. The number of nitrogens with zero attached hydrogens (tertiary/aromatic N) is 3. The zero-order valence-electron chi connectivity index (χ0n) is 19.0. The van der Waals surface area contributed by atoms with Crippen LogP contribution in [0.2, 0.25) is 0 Å². The van der Waals surface area contributed by atoms with E-state index in [9.17, 15) is 9.59 Å². The summed E-state index contributed by atoms with van der Waals surface area (Å²) in [5, 5.41) is 0. The molecule has 0 saturated carbocycles. The van der Waals surface area contributed by atoms with Crippen molar-refractivity contribution in [3.8, 4) is 0 Å². The van der Waals surface area contributed by atoms with E-state index in [0.29, 0.717) is 25.8 Å². The molecule has 1 unspecified atom stereocenters. The van der Waals surface area contributed by atoms with Gasteiger partial charge in [0.2, 0.25) is 11.8 Å². The Balaban J connectivity index is 1.87. The monoisotopic (exact) mass is 461 g/mol. The van der Waals surface area contributed by atoms with Crippen molar-refractivity contribution in [1.82, 2.24) is 14.9 Å². The number of hydrogen-bond donors (Lipinski definition) is 4. The molecule has 1 aromatic heterocycles. The van der Waals surface area contributed by atoms with Gasteiger partial charge in [-0.25, -0.2) is 4.98 Å². The topological polar surface area (TPSA) is 156 Å². The van der Waals surface area contributed by atoms with E-state index < -0.39 is 17.9 Å². The van der Waals surface area contributed by atoms with Crippen LogP contribution < -0.4 is 17.2 Å². The average Bonchev–Trinajstić information content (AvgIpc) is 3.37. The first-order chi connectivity index (χ1) is 16.5. The van der Waals surface area contributed by atoms with Crippen molar-refractivity contribution in [2.75, 3.05) is 13.1 Å². The van der Waals surface area contributed by atoms with Crippen LogP contribution in [-0.2, 0) is 16.0 Å². The zero-order chi connectivity index (χ0) is 24.3. The first-order valence-electron chi connectivity index (χ1n) is 11.2. The van der Waals surface area contributed by atoms with E-state index in [1.165, 1.54) is 4.90 Å². The van der Waals surface area contributed by atoms with Crippen LogP contribution in [0.4, 0.5) is 0 Å². The summed E-state index contributed by atoms with van der Waals surface area (Å²) < 4.78 is 0. The van der Waals surface area contributed by atoms with E-state index in [4.69, 9.17) is 17.2 Å². The second-order valence-corrected chi connectivity index (χ2v) is 7.96. The summed E-state index contributed by atoms with van der Waals surface area (Å²) >= 11 is 0. The zero-order valence-corrected chi connectivity index (χ0v) is 19.0. The SMILES string of the molecule is NC(N)=NCCCC(N)C(=O)N(CCc1cnc[nH]1)C(=O)C(c1ccccc1)c1ccccc1. The molecule has 1 atom stereocenters. The molecule has 2 aromatic carbocycles. The minimum atomic E-state index is -0.855. The van der Waals surface area contributed by atoms with Gasteiger partial charge >= 0.3 is 0 Å². The number of hydrogen-bond acceptors (Lipinski definition) is 5. The van der Waals surface area contributed by atoms with E-state index in [0.717, 1.165) is 16.8 Å². The van der Waals surface area contributed by atoms with Gasteiger partial charge in [0.1, 0.15) is 0 Å². The van der Waals surface area contributed by atoms with Crippen LogP contribution in [0.15, 0.2) is 78.2 Å². The highest BCUT2D eigenvalue weighted by atomic mass is 16.2. The summed E-state index contributed by atoms with van der Waals surface area (Å²) in [6.45, 7) is 0.541. The Bertz CT molecular complexity index is 1030. The van der Waals surface area contributed by atoms with Crippen LogP contribution in [0.25, 0.3) is 0 Å². The second kappa shape index (κ2) is 12.3. The Morgan fingerprint density at radius 1 is 0.971 bits per heavy atom. The molecule has 2 amide bonds. The molecule has 0 saturated heterocycles. The minimum absolute atomic E-state index is 0.00942. The number of benzene rings is 2. The smallest absolute Gasteiger partial charge is 0.246 e. The largest absolute Gasteiger partial charge is 0.370 e. The van der Waals surface area contributed by atoms with Crippen molar-refractivity contribution in [2.45, 2.75) is 31.2 Å². The lowest BCUT2D eigenvalue weighted by atomic mass is 9.89. The Labute approximate surface area is 199 Å². The Hall–Kier alpha value is -3.98. The molecule has 0 radical (unpaired) electrons. The number of imidazole rings is 1. The number of aromatic nitrogens is 2. The summed E-state index contributed by atoms with van der Waals surface area (Å²) in [6.07, 6.45) is 4.55. The number of nitrogens with two attached hydrogens (primary N) is 3. The highest BCUT2D eigenvalue weighted by Crippen LogP contribution is 2.27. The van der Waals surface area contributed by atoms with Crippen LogP contribution in [0, 0.1) is 0 Å². The van der Waals surface area contributed by atoms with Crippen molar-refractivity contribution >= 4 is 17.8 Å². The minimum Gasteiger partial charge on any atom is -0.370 e. The quantitative estimate of drug-likeness (QED) is 0.193. The molecule has 1 heterocycles. The standard InChI is InChI=1S/C25H31N7O2/c26-21(12-7-14-30-25(27)28)23(33)32(15-13-20-16-29-17-31-20)24(34)22(18-8-3-1-4-9-18)19-10-5-2-6-11-19/h1-6,8-11,16-17,21-22H,7,12-15,26H2,(H,29,31)(H4,27,28,30). The highest BCUT2D eigenvalue weighted by molar-refractivity contribution is 6.01. The molecule has 0 spiro atoms. The number of guanidine groups is 1. The molecular formula is C25H31N7O2. The summed E-state index contributed by atoms with van der Waals surface area (Å²) in [7, 11) is 0. The molecule has 0 bridgehead atoms. The maximum absolute atomic E-state index is 13.9. The molecule has 0 aliphatic heterocycles. The van der Waals surface area contributed by atoms with E-state index in [-0.39, 0.29) is 18.4 Å². The van der Waals surface area contributed by atoms with Gasteiger partial charge in [0.25, 0.3) is 0 Å². The highest BCUT2D eigenvalue weighted by Gasteiger charge is 2.33. The molecule has 3 rings (SSSR count). The number of H-pyrrole nitrogens is 1. The van der Waals surface area contributed by atoms with Crippen molar-refractivity contribution < 1.29 is 9.59 Å². The van der Waals surface area contributed by atoms with Gasteiger partial charge in [0, 0.05) is 31.4 Å². The molecule has 0 fully saturated rings. The van der Waals surface area contributed by atoms with Crippen LogP contribution >= 0.6 is 0 Å². The summed E-state index contributed by atoms with van der Waals surface area (Å²) in [5.74, 6) is -1.39. The number of carbonyl (C=O) groups is 2. The van der Waals surface area contributed by atoms with Gasteiger partial charge in [-0.1, -0.05) is 60.7 Å². The first kappa shape index (κ1) is 24.7. The fourth-order valence-corrected chi connectivity index (χ4v) is 3.75. The van der Waals surface area contributed by atoms with Crippen molar-refractivity contribution in [3.05, 3.63) is 90.0 Å². The van der Waals surface area contributed by atoms with Crippen molar-refractivity contribution in [1.29, 1.82) is 0 Å². The molecule has 0 aliphatic rings. The van der Waals surface area contributed by atoms with Gasteiger partial charge in [-0.15, -0.1) is 0 Å². The molecule has 34 heavy (non-hydrogen) atoms. The van der Waals surface area contributed by atoms with Gasteiger partial charge in [0.15, 0.2) is 5.96 Å². The van der Waals surface area contributed by atoms with Crippen LogP contribution in [0.3, 0.4) is 0 Å². The molecular weight excluding hydrogens is 430 g/mol. The number of aromatic amines is 1. The van der Waals surface area contributed by atoms with Crippen LogP contribution in [0.5, 0.6) is 0 Å². The molecule has 0 aliphatic carbocycles. The Kier molecular flexibility index (Phi) is 8.93. The molecule has 3 aromatic rings. The fourth-order valence-electron chi connectivity index (χ4n) is 3.75. The normalized spacial score (nSPS) is 11.7. The van der Waals surface area contributed by atoms with E-state index in [1.807, 2.05) is 60.7 Å². The molecule has 7 N–H and O–H groups in total. The summed E-state index contributed by atoms with van der Waals surface area (Å²) in [5.41, 5.74) is 19.4. The maximum atomic E-state index is 13.9. The Morgan fingerprint density at radius 3 is 2.12 bits per heavy atom. The number of aliphatic imine (C=N–C) groups is 1. The third kappa shape index (κ3) is 6.76. The third-order valence-electron chi connectivity index (χ3n) is 5.49. The average molecular weight is 462 g/mol. The maximum Gasteiger partial charge on any atom is 0.246 e. The molecule has 9 heteroatoms. The van der Waals surface area contributed by atoms with Gasteiger partial charge in [-0.2, -0.15) is 0 Å². The number of nitrogens with one attached hydrogen (secondary N) is 1. The van der Waals surface area contributed by atoms with Crippen LogP contribution in [-0.4, -0.2) is 51.8 Å². The third-order valence-corrected chi connectivity index (χ3v) is 5.49. The molecule has 178 valence electrons. The van der Waals surface area contributed by atoms with E-state index >= 15 is 0 Å². The van der Waals surface area contributed by atoms with E-state index in [2.05, 4.69) is 15.0 Å². The summed E-state index contributed by atoms with van der Waals surface area (Å²) in [4.78, 5) is 39.6. The van der Waals surface area contributed by atoms with Gasteiger partial charge < -0.3 is 22.2 Å². The van der Waals surface area contributed by atoms with E-state index in [1.54, 1.807) is 12.5 Å². The number of carbonyl (C=O) groups excluding carboxylic acids is 2. The van der Waals surface area contributed by atoms with Crippen molar-refractivity contribution in [3.63, 3.8) is 0 Å². The predicted molar refractivity (Wildman–Crippen MR) is 132 cm³/mol. The predicted octanol–water partition coefficient (Wildman–Crippen LogP) is 1.52. The first-order valence-corrected chi connectivity index (χ1v) is 11.2. The van der Waals surface area contributed by atoms with Gasteiger partial charge in [0.05, 0.1) is 18.3 Å². The van der Waals surface area contributed by atoms with Gasteiger partial charge in [-0.05, 0) is 24.0 Å². The lowest BCUT2D eigenvalue weighted by molar-refractivity contribution is -0.146. The van der Waals surface area contributed by atoms with Crippen LogP contribution in [0.1, 0.15) is 35.6 Å². The lowest BCUT2D eigenvalue weighted by Gasteiger charge is -2.28. The van der Waals surface area contributed by atoms with Crippen molar-refractivity contribution in [2.24, 2.45) is 22.2 Å². The summed E-state index contributed by atoms with van der Waals surface area (Å²) in [6, 6.07) is 18.0. The number of rotatable bonds is 11. The Morgan fingerprint density at radius 2 is 1.59 bits per heavy atom. The lowest BCUT2D eigenvalue weighted by Crippen LogP contribution is -2.49.